The van der Waals surface area contributed by atoms with Gasteiger partial charge in [-0.3, -0.25) is 0 Å². The average molecular weight is 212 g/mol. The van der Waals surface area contributed by atoms with Crippen molar-refractivity contribution in [3.8, 4) is 0 Å². The van der Waals surface area contributed by atoms with Crippen LogP contribution in [0.3, 0.4) is 0 Å². The number of hydrogen-bond acceptors (Lipinski definition) is 2. The molecule has 3 atom stereocenters. The van der Waals surface area contributed by atoms with Gasteiger partial charge in [0.25, 0.3) is 0 Å². The van der Waals surface area contributed by atoms with Gasteiger partial charge in [-0.05, 0) is 51.4 Å². The van der Waals surface area contributed by atoms with Crippen LogP contribution in [-0.4, -0.2) is 22.4 Å². The third kappa shape index (κ3) is 1.45. The van der Waals surface area contributed by atoms with Crippen molar-refractivity contribution in [3.63, 3.8) is 0 Å². The lowest BCUT2D eigenvalue weighted by Gasteiger charge is -2.56. The van der Waals surface area contributed by atoms with E-state index in [1.54, 1.807) is 0 Å². The molecule has 3 unspecified atom stereocenters. The summed E-state index contributed by atoms with van der Waals surface area (Å²) in [5.41, 5.74) is -0.864. The largest absolute Gasteiger partial charge is 0.387 e. The van der Waals surface area contributed by atoms with Crippen molar-refractivity contribution in [1.82, 2.24) is 0 Å². The molecule has 0 aromatic rings. The van der Waals surface area contributed by atoms with E-state index in [4.69, 9.17) is 4.74 Å². The summed E-state index contributed by atoms with van der Waals surface area (Å²) in [5.74, 6) is 0. The van der Waals surface area contributed by atoms with Gasteiger partial charge >= 0.3 is 0 Å². The minimum absolute atomic E-state index is 0.0967. The Kier molecular flexibility index (Phi) is 2.44. The maximum atomic E-state index is 10.7. The average Bonchev–Trinajstić information content (AvgIpc) is 2.46. The van der Waals surface area contributed by atoms with Crippen LogP contribution in [0.2, 0.25) is 0 Å². The molecular weight excluding hydrogens is 188 g/mol. The van der Waals surface area contributed by atoms with Gasteiger partial charge in [0.2, 0.25) is 0 Å². The lowest BCUT2D eigenvalue weighted by Crippen LogP contribution is -2.63. The summed E-state index contributed by atoms with van der Waals surface area (Å²) in [5, 5.41) is 10.7. The summed E-state index contributed by atoms with van der Waals surface area (Å²) in [6.07, 6.45) is 5.54. The van der Waals surface area contributed by atoms with Gasteiger partial charge in [-0.15, -0.1) is 0 Å². The highest BCUT2D eigenvalue weighted by Crippen LogP contribution is 2.57. The first-order valence-corrected chi connectivity index (χ1v) is 6.21. The Morgan fingerprint density at radius 3 is 2.27 bits per heavy atom. The number of aliphatic hydroxyl groups is 1. The molecule has 1 aliphatic heterocycles. The molecule has 0 aromatic carbocycles. The van der Waals surface area contributed by atoms with Gasteiger partial charge in [0.05, 0.1) is 11.7 Å². The molecule has 1 aliphatic carbocycles. The van der Waals surface area contributed by atoms with Crippen LogP contribution >= 0.6 is 0 Å². The second kappa shape index (κ2) is 3.21. The van der Waals surface area contributed by atoms with E-state index in [0.717, 1.165) is 32.1 Å². The quantitative estimate of drug-likeness (QED) is 0.669. The van der Waals surface area contributed by atoms with Crippen molar-refractivity contribution in [1.29, 1.82) is 0 Å². The van der Waals surface area contributed by atoms with Crippen LogP contribution in [0.1, 0.15) is 59.8 Å². The molecule has 0 amide bonds. The highest BCUT2D eigenvalue weighted by molar-refractivity contribution is 5.12. The van der Waals surface area contributed by atoms with Crippen molar-refractivity contribution in [2.75, 3.05) is 0 Å². The van der Waals surface area contributed by atoms with E-state index in [-0.39, 0.29) is 11.0 Å². The Hall–Kier alpha value is -0.0800. The van der Waals surface area contributed by atoms with E-state index >= 15 is 0 Å². The third-order valence-corrected chi connectivity index (χ3v) is 4.73. The van der Waals surface area contributed by atoms with Crippen LogP contribution in [0.15, 0.2) is 0 Å². The standard InChI is InChI=1S/C13H24O2/c1-10-6-9-13(15-10)11(2,3)7-5-8-12(13,4)14/h10,14H,5-9H2,1-4H3. The van der Waals surface area contributed by atoms with Crippen LogP contribution in [0, 0.1) is 5.41 Å². The monoisotopic (exact) mass is 212 g/mol. The fraction of sp³-hybridized carbons (Fsp3) is 1.00. The summed E-state index contributed by atoms with van der Waals surface area (Å²) in [7, 11) is 0. The fourth-order valence-electron chi connectivity index (χ4n) is 3.77. The molecule has 0 aromatic heterocycles. The van der Waals surface area contributed by atoms with E-state index in [0.29, 0.717) is 6.10 Å². The highest BCUT2D eigenvalue weighted by Gasteiger charge is 2.61. The Balaban J connectivity index is 2.38. The molecule has 2 nitrogen and oxygen atoms in total. The normalized spacial score (nSPS) is 49.8. The molecule has 0 radical (unpaired) electrons. The lowest BCUT2D eigenvalue weighted by atomic mass is 9.57. The Morgan fingerprint density at radius 2 is 1.80 bits per heavy atom. The smallest absolute Gasteiger partial charge is 0.102 e. The third-order valence-electron chi connectivity index (χ3n) is 4.73. The number of hydrogen-bond donors (Lipinski definition) is 1. The van der Waals surface area contributed by atoms with E-state index in [9.17, 15) is 5.11 Å². The minimum Gasteiger partial charge on any atom is -0.387 e. The van der Waals surface area contributed by atoms with Crippen LogP contribution in [0.25, 0.3) is 0 Å². The molecule has 1 heterocycles. The zero-order chi connectivity index (χ0) is 11.3. The van der Waals surface area contributed by atoms with Crippen LogP contribution in [-0.2, 0) is 4.74 Å². The van der Waals surface area contributed by atoms with Crippen molar-refractivity contribution >= 4 is 0 Å². The van der Waals surface area contributed by atoms with Gasteiger partial charge < -0.3 is 9.84 Å². The summed E-state index contributed by atoms with van der Waals surface area (Å²) in [4.78, 5) is 0. The van der Waals surface area contributed by atoms with Gasteiger partial charge in [0.15, 0.2) is 0 Å². The first-order valence-electron chi connectivity index (χ1n) is 6.21. The predicted molar refractivity (Wildman–Crippen MR) is 60.8 cm³/mol. The first-order chi connectivity index (χ1) is 6.81. The SMILES string of the molecule is CC1CCC2(O1)C(C)(C)CCCC2(C)O. The van der Waals surface area contributed by atoms with Crippen LogP contribution < -0.4 is 0 Å². The van der Waals surface area contributed by atoms with Crippen LogP contribution in [0.4, 0.5) is 0 Å². The Labute approximate surface area is 93.0 Å². The van der Waals surface area contributed by atoms with Crippen molar-refractivity contribution in [2.45, 2.75) is 77.1 Å². The fourth-order valence-corrected chi connectivity index (χ4v) is 3.77. The molecule has 2 rings (SSSR count). The summed E-state index contributed by atoms with van der Waals surface area (Å²) < 4.78 is 6.17. The molecule has 2 fully saturated rings. The molecule has 1 spiro atoms. The Morgan fingerprint density at radius 1 is 1.13 bits per heavy atom. The molecule has 1 N–H and O–H groups in total. The van der Waals surface area contributed by atoms with Crippen molar-refractivity contribution in [3.05, 3.63) is 0 Å². The van der Waals surface area contributed by atoms with E-state index in [1.807, 2.05) is 6.92 Å². The molecule has 1 saturated heterocycles. The van der Waals surface area contributed by atoms with Gasteiger partial charge in [-0.2, -0.15) is 0 Å². The molecule has 0 bridgehead atoms. The second-order valence-electron chi connectivity index (χ2n) is 6.31. The van der Waals surface area contributed by atoms with Crippen LogP contribution in [0.5, 0.6) is 0 Å². The van der Waals surface area contributed by atoms with Gasteiger partial charge in [-0.1, -0.05) is 13.8 Å². The molecule has 2 aliphatic rings. The summed E-state index contributed by atoms with van der Waals surface area (Å²) in [6, 6.07) is 0. The van der Waals surface area contributed by atoms with Gasteiger partial charge in [0.1, 0.15) is 5.60 Å². The lowest BCUT2D eigenvalue weighted by molar-refractivity contribution is -0.239. The number of rotatable bonds is 0. The molecule has 88 valence electrons. The van der Waals surface area contributed by atoms with E-state index in [2.05, 4.69) is 20.8 Å². The van der Waals surface area contributed by atoms with Crippen molar-refractivity contribution in [2.24, 2.45) is 5.41 Å². The van der Waals surface area contributed by atoms with Gasteiger partial charge in [-0.25, -0.2) is 0 Å². The molecular formula is C13H24O2. The van der Waals surface area contributed by atoms with E-state index in [1.165, 1.54) is 0 Å². The highest BCUT2D eigenvalue weighted by atomic mass is 16.5. The first kappa shape index (κ1) is 11.4. The second-order valence-corrected chi connectivity index (χ2v) is 6.31. The molecule has 1 saturated carbocycles. The molecule has 2 heteroatoms. The summed E-state index contributed by atoms with van der Waals surface area (Å²) >= 11 is 0. The topological polar surface area (TPSA) is 29.5 Å². The van der Waals surface area contributed by atoms with Crippen molar-refractivity contribution < 1.29 is 9.84 Å². The maximum absolute atomic E-state index is 10.7. The zero-order valence-corrected chi connectivity index (χ0v) is 10.5. The summed E-state index contributed by atoms with van der Waals surface area (Å²) in [6.45, 7) is 8.58. The predicted octanol–water partition coefficient (Wildman–Crippen LogP) is 2.89. The zero-order valence-electron chi connectivity index (χ0n) is 10.5. The van der Waals surface area contributed by atoms with E-state index < -0.39 is 5.60 Å². The Bertz CT molecular complexity index is 239. The minimum atomic E-state index is -0.653. The molecule has 15 heavy (non-hydrogen) atoms. The van der Waals surface area contributed by atoms with Gasteiger partial charge in [0, 0.05) is 0 Å². The number of ether oxygens (including phenoxy) is 1. The maximum Gasteiger partial charge on any atom is 0.102 e.